The van der Waals surface area contributed by atoms with E-state index in [2.05, 4.69) is 20.9 Å². The van der Waals surface area contributed by atoms with E-state index < -0.39 is 0 Å². The Kier molecular flexibility index (Phi) is 5.05. The van der Waals surface area contributed by atoms with Crippen LogP contribution in [0.5, 0.6) is 0 Å². The lowest BCUT2D eigenvalue weighted by atomic mass is 9.78. The number of hydrogen-bond donors (Lipinski definition) is 1. The van der Waals surface area contributed by atoms with Gasteiger partial charge >= 0.3 is 0 Å². The van der Waals surface area contributed by atoms with Gasteiger partial charge in [0.05, 0.1) is 17.1 Å². The number of aryl methyl sites for hydroxylation is 2. The van der Waals surface area contributed by atoms with Crippen molar-refractivity contribution in [1.82, 2.24) is 9.88 Å². The van der Waals surface area contributed by atoms with Crippen molar-refractivity contribution >= 4 is 11.7 Å². The van der Waals surface area contributed by atoms with E-state index in [1.54, 1.807) is 0 Å². The molecule has 0 radical (unpaired) electrons. The number of anilines is 1. The molecule has 1 saturated carbocycles. The minimum atomic E-state index is -0.347. The molecule has 1 N–H and O–H groups in total. The van der Waals surface area contributed by atoms with Crippen LogP contribution < -0.4 is 4.90 Å². The Hall–Kier alpha value is -2.13. The summed E-state index contributed by atoms with van der Waals surface area (Å²) in [6.07, 6.45) is 5.95. The summed E-state index contributed by atoms with van der Waals surface area (Å²) in [6, 6.07) is 4.54. The van der Waals surface area contributed by atoms with Crippen molar-refractivity contribution in [3.63, 3.8) is 0 Å². The quantitative estimate of drug-likeness (QED) is 0.851. The third-order valence-corrected chi connectivity index (χ3v) is 6.97. The van der Waals surface area contributed by atoms with Crippen LogP contribution in [-0.4, -0.2) is 52.7 Å². The zero-order valence-corrected chi connectivity index (χ0v) is 16.9. The van der Waals surface area contributed by atoms with Crippen molar-refractivity contribution in [3.05, 3.63) is 22.9 Å². The number of aliphatic hydroxyl groups excluding tert-OH is 1. The maximum Gasteiger partial charge on any atom is 0.230 e. The zero-order valence-electron chi connectivity index (χ0n) is 16.9. The van der Waals surface area contributed by atoms with Crippen LogP contribution in [0.3, 0.4) is 0 Å². The number of amides is 1. The number of carbonyl (C=O) groups is 1. The van der Waals surface area contributed by atoms with E-state index in [9.17, 15) is 15.2 Å². The fourth-order valence-electron chi connectivity index (χ4n) is 5.44. The van der Waals surface area contributed by atoms with E-state index in [0.717, 1.165) is 75.1 Å². The van der Waals surface area contributed by atoms with Crippen LogP contribution in [0.2, 0.25) is 0 Å². The highest BCUT2D eigenvalue weighted by Gasteiger charge is 2.51. The van der Waals surface area contributed by atoms with Crippen molar-refractivity contribution in [2.24, 2.45) is 5.41 Å². The van der Waals surface area contributed by atoms with Gasteiger partial charge < -0.3 is 14.9 Å². The van der Waals surface area contributed by atoms with Crippen LogP contribution >= 0.6 is 0 Å². The minimum Gasteiger partial charge on any atom is -0.393 e. The Morgan fingerprint density at radius 2 is 1.96 bits per heavy atom. The largest absolute Gasteiger partial charge is 0.393 e. The molecule has 3 heterocycles. The van der Waals surface area contributed by atoms with Crippen molar-refractivity contribution < 1.29 is 9.90 Å². The summed E-state index contributed by atoms with van der Waals surface area (Å²) >= 11 is 0. The summed E-state index contributed by atoms with van der Waals surface area (Å²) in [4.78, 5) is 22.4. The predicted octanol–water partition coefficient (Wildman–Crippen LogP) is 2.69. The third kappa shape index (κ3) is 3.26. The van der Waals surface area contributed by atoms with Gasteiger partial charge in [-0.3, -0.25) is 4.79 Å². The van der Waals surface area contributed by atoms with Crippen LogP contribution in [-0.2, 0) is 4.79 Å². The first kappa shape index (κ1) is 19.2. The average Bonchev–Trinajstić information content (AvgIpc) is 2.98. The molecule has 1 aromatic rings. The summed E-state index contributed by atoms with van der Waals surface area (Å²) < 4.78 is 0. The molecule has 1 amide bonds. The molecule has 3 fully saturated rings. The number of hydrogen-bond acceptors (Lipinski definition) is 5. The number of nitriles is 1. The monoisotopic (exact) mass is 382 g/mol. The molecule has 6 heteroatoms. The summed E-state index contributed by atoms with van der Waals surface area (Å²) in [7, 11) is 0. The van der Waals surface area contributed by atoms with Gasteiger partial charge in [-0.1, -0.05) is 0 Å². The van der Waals surface area contributed by atoms with Gasteiger partial charge in [0.1, 0.15) is 11.9 Å². The van der Waals surface area contributed by atoms with E-state index in [0.29, 0.717) is 12.1 Å². The van der Waals surface area contributed by atoms with Crippen molar-refractivity contribution in [1.29, 1.82) is 5.26 Å². The number of piperidine rings is 1. The maximum atomic E-state index is 13.5. The normalized spacial score (nSPS) is 30.7. The van der Waals surface area contributed by atoms with Crippen LogP contribution in [0, 0.1) is 30.6 Å². The van der Waals surface area contributed by atoms with Crippen LogP contribution in [0.25, 0.3) is 0 Å². The van der Waals surface area contributed by atoms with Crippen LogP contribution in [0.1, 0.15) is 61.8 Å². The second-order valence-corrected chi connectivity index (χ2v) is 8.91. The molecule has 3 aliphatic rings. The van der Waals surface area contributed by atoms with Gasteiger partial charge in [0.15, 0.2) is 0 Å². The van der Waals surface area contributed by atoms with Crippen molar-refractivity contribution in [2.45, 2.75) is 70.9 Å². The summed E-state index contributed by atoms with van der Waals surface area (Å²) in [5.74, 6) is 1.02. The minimum absolute atomic E-state index is 0.201. The molecule has 0 unspecified atom stereocenters. The van der Waals surface area contributed by atoms with Crippen molar-refractivity contribution in [3.8, 4) is 6.07 Å². The zero-order chi connectivity index (χ0) is 19.9. The highest BCUT2D eigenvalue weighted by Crippen LogP contribution is 2.43. The molecule has 6 nitrogen and oxygen atoms in total. The van der Waals surface area contributed by atoms with Crippen LogP contribution in [0.4, 0.5) is 5.82 Å². The topological polar surface area (TPSA) is 80.5 Å². The Balaban J connectivity index is 1.56. The lowest BCUT2D eigenvalue weighted by molar-refractivity contribution is -0.139. The van der Waals surface area contributed by atoms with Gasteiger partial charge in [-0.15, -0.1) is 0 Å². The molecular formula is C22H30N4O2. The lowest BCUT2D eigenvalue weighted by Crippen LogP contribution is -2.50. The highest BCUT2D eigenvalue weighted by molar-refractivity contribution is 5.86. The van der Waals surface area contributed by atoms with E-state index in [1.807, 2.05) is 19.9 Å². The number of aromatic nitrogens is 1. The summed E-state index contributed by atoms with van der Waals surface area (Å²) in [5.41, 5.74) is 2.14. The molecule has 4 rings (SSSR count). The van der Waals surface area contributed by atoms with Gasteiger partial charge in [0.2, 0.25) is 5.91 Å². The maximum absolute atomic E-state index is 13.5. The van der Waals surface area contributed by atoms with E-state index in [1.165, 1.54) is 0 Å². The first-order valence-electron chi connectivity index (χ1n) is 10.6. The second kappa shape index (κ2) is 7.36. The fraction of sp³-hybridized carbons (Fsp3) is 0.682. The lowest BCUT2D eigenvalue weighted by Gasteiger charge is -2.41. The van der Waals surface area contributed by atoms with Gasteiger partial charge in [-0.25, -0.2) is 4.98 Å². The van der Waals surface area contributed by atoms with E-state index in [-0.39, 0.29) is 23.5 Å². The highest BCUT2D eigenvalue weighted by atomic mass is 16.3. The number of pyridine rings is 1. The fourth-order valence-corrected chi connectivity index (χ4v) is 5.44. The molecule has 28 heavy (non-hydrogen) atoms. The third-order valence-electron chi connectivity index (χ3n) is 6.97. The molecule has 2 saturated heterocycles. The molecule has 1 atom stereocenters. The van der Waals surface area contributed by atoms with E-state index in [4.69, 9.17) is 0 Å². The number of carbonyl (C=O) groups excluding carboxylic acids is 1. The Labute approximate surface area is 167 Å². The molecular weight excluding hydrogens is 352 g/mol. The average molecular weight is 383 g/mol. The summed E-state index contributed by atoms with van der Waals surface area (Å²) in [5, 5.41) is 19.4. The second-order valence-electron chi connectivity index (χ2n) is 8.91. The number of likely N-dealkylation sites (tertiary alicyclic amines) is 1. The standard InChI is InChI=1S/C22H30N4O2/c1-15-12-16(2)24-20(19(15)13-23)25-10-3-8-22(14-25)9-11-26(21(22)28)17-4-6-18(27)7-5-17/h12,17-18,27H,3-11,14H2,1-2H3/t17-,18-,22-/m1/s1. The smallest absolute Gasteiger partial charge is 0.230 e. The van der Waals surface area contributed by atoms with Gasteiger partial charge in [0.25, 0.3) is 0 Å². The van der Waals surface area contributed by atoms with Gasteiger partial charge in [-0.2, -0.15) is 5.26 Å². The predicted molar refractivity (Wildman–Crippen MR) is 107 cm³/mol. The van der Waals surface area contributed by atoms with Crippen LogP contribution in [0.15, 0.2) is 6.07 Å². The molecule has 1 aliphatic carbocycles. The number of rotatable bonds is 2. The summed E-state index contributed by atoms with van der Waals surface area (Å²) in [6.45, 7) is 6.23. The molecule has 2 aliphatic heterocycles. The molecule has 0 aromatic carbocycles. The molecule has 150 valence electrons. The molecule has 0 bridgehead atoms. The Morgan fingerprint density at radius 1 is 1.21 bits per heavy atom. The van der Waals surface area contributed by atoms with Crippen molar-refractivity contribution in [2.75, 3.05) is 24.5 Å². The number of aliphatic hydroxyl groups is 1. The number of nitrogens with zero attached hydrogens (tertiary/aromatic N) is 4. The van der Waals surface area contributed by atoms with Gasteiger partial charge in [0, 0.05) is 31.4 Å². The molecule has 1 aromatic heterocycles. The SMILES string of the molecule is Cc1cc(C)c(C#N)c(N2CCC[C@@]3(CCN([C@H]4CC[C@H](O)CC4)C3=O)C2)n1. The molecule has 1 spiro atoms. The first-order valence-corrected chi connectivity index (χ1v) is 10.6. The van der Waals surface area contributed by atoms with E-state index >= 15 is 0 Å². The Bertz CT molecular complexity index is 809. The Morgan fingerprint density at radius 3 is 2.68 bits per heavy atom. The van der Waals surface area contributed by atoms with Gasteiger partial charge in [-0.05, 0) is 70.4 Å². The first-order chi connectivity index (χ1) is 13.4.